The molecule has 2 unspecified atom stereocenters. The summed E-state index contributed by atoms with van der Waals surface area (Å²) in [5, 5.41) is 0. The van der Waals surface area contributed by atoms with Crippen molar-refractivity contribution in [3.05, 3.63) is 119 Å². The third kappa shape index (κ3) is 71.0. The fourth-order valence-electron chi connectivity index (χ4n) is 3.48. The average Bonchev–Trinajstić information content (AvgIpc) is 4.27. The van der Waals surface area contributed by atoms with Gasteiger partial charge in [-0.2, -0.15) is 0 Å². The van der Waals surface area contributed by atoms with E-state index in [0.717, 1.165) is 48.3 Å². The topological polar surface area (TPSA) is 140 Å². The summed E-state index contributed by atoms with van der Waals surface area (Å²) in [5.74, 6) is 1.68. The quantitative estimate of drug-likeness (QED) is 0.162. The van der Waals surface area contributed by atoms with Crippen LogP contribution in [0.1, 0.15) is 185 Å². The number of thiazole rings is 1. The van der Waals surface area contributed by atoms with Crippen LogP contribution < -0.4 is 0 Å². The van der Waals surface area contributed by atoms with Crippen molar-refractivity contribution in [1.82, 2.24) is 34.9 Å². The van der Waals surface area contributed by atoms with E-state index in [1.54, 1.807) is 48.6 Å². The number of nitrogens with one attached hydrogen (secondary N) is 1. The zero-order valence-electron chi connectivity index (χ0n) is 46.9. The lowest BCUT2D eigenvalue weighted by Crippen LogP contribution is -1.88. The molecule has 3 aliphatic heterocycles. The summed E-state index contributed by atoms with van der Waals surface area (Å²) in [6, 6.07) is 4.56. The summed E-state index contributed by atoms with van der Waals surface area (Å²) in [6.07, 6.45) is 27.8. The van der Waals surface area contributed by atoms with E-state index < -0.39 is 0 Å². The Balaban J connectivity index is -0.0000000930. The second-order valence-electron chi connectivity index (χ2n) is 11.5. The number of hydrogen-bond acceptors (Lipinski definition) is 11. The van der Waals surface area contributed by atoms with Gasteiger partial charge in [0.1, 0.15) is 12.1 Å². The summed E-state index contributed by atoms with van der Waals surface area (Å²) in [7, 11) is 0. The van der Waals surface area contributed by atoms with Gasteiger partial charge in [-0.15, -0.1) is 11.3 Å². The fourth-order valence-corrected chi connectivity index (χ4v) is 3.89. The third-order valence-electron chi connectivity index (χ3n) is 6.29. The highest BCUT2D eigenvalue weighted by atomic mass is 32.1. The predicted octanol–water partition coefficient (Wildman–Crippen LogP) is 17.2. The van der Waals surface area contributed by atoms with Gasteiger partial charge in [-0.05, 0) is 97.1 Å². The van der Waals surface area contributed by atoms with Crippen molar-refractivity contribution < 1.29 is 9.15 Å². The molecular formula is C54H103N9O2S. The predicted molar refractivity (Wildman–Crippen MR) is 297 cm³/mol. The molecule has 66 heavy (non-hydrogen) atoms. The summed E-state index contributed by atoms with van der Waals surface area (Å²) < 4.78 is 9.78. The van der Waals surface area contributed by atoms with Crippen molar-refractivity contribution in [2.45, 2.75) is 198 Å². The first-order chi connectivity index (χ1) is 32.2. The second-order valence-corrected chi connectivity index (χ2v) is 12.6. The zero-order valence-corrected chi connectivity index (χ0v) is 47.8. The largest absolute Gasteiger partial charge is 0.449 e. The number of hydrogen-bond donors (Lipinski definition) is 1. The highest BCUT2D eigenvalue weighted by Crippen LogP contribution is 2.09. The summed E-state index contributed by atoms with van der Waals surface area (Å²) in [6.45, 7) is 50.2. The van der Waals surface area contributed by atoms with Gasteiger partial charge in [0.25, 0.3) is 0 Å². The van der Waals surface area contributed by atoms with Crippen LogP contribution in [0.4, 0.5) is 0 Å². The maximum Gasteiger partial charge on any atom is 0.180 e. The molecule has 2 atom stereocenters. The molecule has 8 rings (SSSR count). The number of aromatic nitrogens is 7. The first-order valence-corrected chi connectivity index (χ1v) is 25.6. The summed E-state index contributed by atoms with van der Waals surface area (Å²) >= 11 is 1.67. The monoisotopic (exact) mass is 942 g/mol. The highest BCUT2D eigenvalue weighted by molar-refractivity contribution is 7.09. The number of aromatic amines is 1. The van der Waals surface area contributed by atoms with E-state index in [4.69, 9.17) is 9.15 Å². The van der Waals surface area contributed by atoms with Gasteiger partial charge in [0.2, 0.25) is 0 Å². The standard InChI is InChI=1S/C6H7N.C5H6N2.C5H9N.C5H7N.C5H10O.C4H6N2.C4H5NO.C4H5NS.8C2H6/c1-6-3-2-4-7-5-6;1-5-2-6-4-7-3-5;2*1-5-3-2-4-6-5;1-5-2-3-6-4-5;3*1-4-2-5-3-6-4;8*1-2/h2-5H,1H3;2-4H,1H3;4-5H,2-3H2,1H3;3-4H,2H2,1H3;5H,2-4H2,1H3;2-3H,1H3,(H,5,6);2*2-3H,1H3;8*1-2H3. The molecule has 0 aliphatic carbocycles. The van der Waals surface area contributed by atoms with Gasteiger partial charge in [-0.25, -0.2) is 19.9 Å². The number of rotatable bonds is 0. The second kappa shape index (κ2) is 74.7. The number of imidazole rings is 1. The Kier molecular flexibility index (Phi) is 88.8. The van der Waals surface area contributed by atoms with Crippen molar-refractivity contribution in [2.75, 3.05) is 13.2 Å². The molecule has 0 saturated carbocycles. The molecule has 1 fully saturated rings. The Morgan fingerprint density at radius 3 is 1.36 bits per heavy atom. The lowest BCUT2D eigenvalue weighted by Gasteiger charge is -1.89. The van der Waals surface area contributed by atoms with Gasteiger partial charge in [0.05, 0.1) is 18.0 Å². The number of allylic oxidation sites excluding steroid dienone is 2. The first-order valence-electron chi connectivity index (χ1n) is 24.7. The van der Waals surface area contributed by atoms with E-state index in [0.29, 0.717) is 6.04 Å². The van der Waals surface area contributed by atoms with Crippen LogP contribution >= 0.6 is 11.3 Å². The SMILES string of the molecule is CC.CC.CC.CC.CC.CC.CC.CC.CC1=CCC=N1.CC1CCC=N1.CC1CCOC1.Cc1cccnc1.Cc1cnc[nH]1.Cc1cncnc1.Cc1cnco1.Cc1cncs1. The maximum atomic E-state index is 5.06. The molecule has 3 aliphatic rings. The van der Waals surface area contributed by atoms with E-state index in [1.807, 2.05) is 195 Å². The molecule has 1 saturated heterocycles. The molecule has 5 aromatic heterocycles. The number of oxazole rings is 1. The lowest BCUT2D eigenvalue weighted by atomic mass is 10.2. The molecule has 5 aromatic rings. The minimum Gasteiger partial charge on any atom is -0.449 e. The van der Waals surface area contributed by atoms with E-state index in [-0.39, 0.29) is 0 Å². The van der Waals surface area contributed by atoms with Crippen LogP contribution in [-0.2, 0) is 4.74 Å². The molecule has 11 nitrogen and oxygen atoms in total. The lowest BCUT2D eigenvalue weighted by molar-refractivity contribution is 0.188. The van der Waals surface area contributed by atoms with E-state index in [9.17, 15) is 0 Å². The van der Waals surface area contributed by atoms with Crippen LogP contribution in [0.25, 0.3) is 0 Å². The molecular weight excluding hydrogens is 839 g/mol. The summed E-state index contributed by atoms with van der Waals surface area (Å²) in [4.78, 5) is 34.9. The average molecular weight is 943 g/mol. The van der Waals surface area contributed by atoms with Crippen molar-refractivity contribution >= 4 is 23.8 Å². The van der Waals surface area contributed by atoms with Gasteiger partial charge in [0, 0.05) is 85.3 Å². The van der Waals surface area contributed by atoms with E-state index in [2.05, 4.69) is 64.8 Å². The van der Waals surface area contributed by atoms with Crippen LogP contribution in [0.3, 0.4) is 0 Å². The minimum absolute atomic E-state index is 0.616. The maximum absolute atomic E-state index is 5.06. The van der Waals surface area contributed by atoms with E-state index >= 15 is 0 Å². The molecule has 12 heteroatoms. The molecule has 0 amide bonds. The number of aryl methyl sites for hydroxylation is 5. The Morgan fingerprint density at radius 2 is 1.21 bits per heavy atom. The Bertz CT molecular complexity index is 1390. The van der Waals surface area contributed by atoms with Gasteiger partial charge in [0.15, 0.2) is 6.39 Å². The number of H-pyrrole nitrogens is 1. The smallest absolute Gasteiger partial charge is 0.180 e. The van der Waals surface area contributed by atoms with Crippen LogP contribution in [0.5, 0.6) is 0 Å². The number of aliphatic imine (C=N–C) groups is 2. The molecule has 1 N–H and O–H groups in total. The molecule has 8 heterocycles. The van der Waals surface area contributed by atoms with Crippen LogP contribution in [0.15, 0.2) is 106 Å². The Hall–Kier alpha value is -4.68. The number of nitrogens with zero attached hydrogens (tertiary/aromatic N) is 8. The zero-order chi connectivity index (χ0) is 52.7. The Labute approximate surface area is 412 Å². The minimum atomic E-state index is 0.616. The number of pyridine rings is 1. The molecule has 0 aromatic carbocycles. The van der Waals surface area contributed by atoms with Crippen LogP contribution in [-0.4, -0.2) is 66.6 Å². The Morgan fingerprint density at radius 1 is 0.621 bits per heavy atom. The van der Waals surface area contributed by atoms with Gasteiger partial charge >= 0.3 is 0 Å². The molecule has 0 bridgehead atoms. The first kappa shape index (κ1) is 78.5. The van der Waals surface area contributed by atoms with E-state index in [1.165, 1.54) is 42.4 Å². The van der Waals surface area contributed by atoms with Crippen LogP contribution in [0.2, 0.25) is 0 Å². The molecule has 382 valence electrons. The van der Waals surface area contributed by atoms with Crippen molar-refractivity contribution in [2.24, 2.45) is 15.9 Å². The summed E-state index contributed by atoms with van der Waals surface area (Å²) in [5.41, 5.74) is 6.39. The van der Waals surface area contributed by atoms with Crippen LogP contribution in [0, 0.1) is 40.5 Å². The van der Waals surface area contributed by atoms with Gasteiger partial charge < -0.3 is 14.1 Å². The van der Waals surface area contributed by atoms with Crippen molar-refractivity contribution in [3.63, 3.8) is 0 Å². The highest BCUT2D eigenvalue weighted by Gasteiger charge is 2.07. The van der Waals surface area contributed by atoms with Crippen molar-refractivity contribution in [1.29, 1.82) is 0 Å². The van der Waals surface area contributed by atoms with Gasteiger partial charge in [-0.3, -0.25) is 20.0 Å². The number of ether oxygens (including phenoxy) is 1. The van der Waals surface area contributed by atoms with Gasteiger partial charge in [-0.1, -0.05) is 130 Å². The van der Waals surface area contributed by atoms with Crippen molar-refractivity contribution in [3.8, 4) is 0 Å². The normalized spacial score (nSPS) is 12.7. The third-order valence-corrected chi connectivity index (χ3v) is 6.99. The molecule has 0 radical (unpaired) electrons. The fraction of sp³-hybridized carbons (Fsp3) is 0.593. The molecule has 0 spiro atoms.